The van der Waals surface area contributed by atoms with Gasteiger partial charge < -0.3 is 0 Å². The van der Waals surface area contributed by atoms with Crippen LogP contribution in [0.4, 0.5) is 18.0 Å². The highest BCUT2D eigenvalue weighted by Crippen LogP contribution is 2.41. The van der Waals surface area contributed by atoms with E-state index in [1.807, 2.05) is 0 Å². The number of halogens is 3. The fraction of sp³-hybridized carbons (Fsp3) is 0.273. The summed E-state index contributed by atoms with van der Waals surface area (Å²) in [5.74, 6) is -0.660. The Morgan fingerprint density at radius 2 is 1.89 bits per heavy atom. The summed E-state index contributed by atoms with van der Waals surface area (Å²) in [6.45, 7) is -0.116. The van der Waals surface area contributed by atoms with Crippen molar-refractivity contribution in [3.8, 4) is 17.5 Å². The van der Waals surface area contributed by atoms with Crippen molar-refractivity contribution in [2.45, 2.75) is 31.5 Å². The fourth-order valence-electron chi connectivity index (χ4n) is 3.62. The summed E-state index contributed by atoms with van der Waals surface area (Å²) >= 11 is 0. The van der Waals surface area contributed by atoms with Crippen LogP contribution in [0.1, 0.15) is 41.5 Å². The molecule has 0 bridgehead atoms. The molecule has 3 aromatic heterocycles. The Bertz CT molecular complexity index is 1440. The zero-order valence-corrected chi connectivity index (χ0v) is 18.6. The Morgan fingerprint density at radius 3 is 2.53 bits per heavy atom. The van der Waals surface area contributed by atoms with E-state index in [9.17, 15) is 22.8 Å². The second-order valence-corrected chi connectivity index (χ2v) is 8.26. The third kappa shape index (κ3) is 4.38. The van der Waals surface area contributed by atoms with E-state index in [4.69, 9.17) is 5.26 Å². The summed E-state index contributed by atoms with van der Waals surface area (Å²) in [4.78, 5) is 43.1. The standard InChI is InChI=1S/C22H16F3N9O2/c1-32-16(20(35)34(21(32)36)9-12-7-27-18(6-26)28-8-12)10-33-11-29-19(31-33)14-4-15(13-2-3-13)30-17(5-14)22(23,24)25/h4-5,7-8,10-11,13H,2-3,9H2,1H3. The molecule has 182 valence electrons. The molecule has 1 aliphatic carbocycles. The molecule has 36 heavy (non-hydrogen) atoms. The molecule has 14 heteroatoms. The number of nitriles is 1. The minimum atomic E-state index is -4.62. The molecule has 3 aromatic rings. The van der Waals surface area contributed by atoms with Crippen molar-refractivity contribution >= 4 is 18.1 Å². The van der Waals surface area contributed by atoms with E-state index in [0.29, 0.717) is 11.3 Å². The molecular weight excluding hydrogens is 479 g/mol. The topological polar surface area (TPSA) is 134 Å². The maximum absolute atomic E-state index is 13.4. The molecular formula is C22H16F3N9O2. The van der Waals surface area contributed by atoms with E-state index in [1.54, 1.807) is 6.07 Å². The number of nitrogens with zero attached hydrogens (tertiary/aromatic N) is 9. The summed E-state index contributed by atoms with van der Waals surface area (Å²) < 4.78 is 41.2. The van der Waals surface area contributed by atoms with Crippen molar-refractivity contribution in [3.63, 3.8) is 0 Å². The smallest absolute Gasteiger partial charge is 0.291 e. The Labute approximate surface area is 201 Å². The highest BCUT2D eigenvalue weighted by Gasteiger charge is 2.39. The number of likely N-dealkylation sites (N-methyl/N-ethyl adjacent to an activating group) is 1. The number of hydrogen-bond donors (Lipinski definition) is 0. The van der Waals surface area contributed by atoms with Crippen LogP contribution in [0.2, 0.25) is 0 Å². The van der Waals surface area contributed by atoms with Gasteiger partial charge in [-0.15, -0.1) is 5.10 Å². The molecule has 0 spiro atoms. The van der Waals surface area contributed by atoms with Crippen molar-refractivity contribution in [3.05, 3.63) is 59.3 Å². The lowest BCUT2D eigenvalue weighted by molar-refractivity contribution is -0.141. The first kappa shape index (κ1) is 23.1. The summed E-state index contributed by atoms with van der Waals surface area (Å²) in [6.07, 6.45) is 2.11. The minimum absolute atomic E-state index is 0.0153. The Hall–Kier alpha value is -4.67. The normalized spacial score (nSPS) is 17.2. The maximum atomic E-state index is 13.4. The van der Waals surface area contributed by atoms with Gasteiger partial charge in [0, 0.05) is 42.2 Å². The van der Waals surface area contributed by atoms with Crippen molar-refractivity contribution < 1.29 is 22.8 Å². The van der Waals surface area contributed by atoms with Crippen LogP contribution in [0.5, 0.6) is 0 Å². The molecule has 0 atom stereocenters. The number of urea groups is 1. The number of imide groups is 1. The van der Waals surface area contributed by atoms with Gasteiger partial charge in [0.25, 0.3) is 5.91 Å². The number of amides is 3. The van der Waals surface area contributed by atoms with Gasteiger partial charge in [0.05, 0.1) is 12.7 Å². The molecule has 0 unspecified atom stereocenters. The van der Waals surface area contributed by atoms with E-state index in [-0.39, 0.29) is 35.4 Å². The summed E-state index contributed by atoms with van der Waals surface area (Å²) in [5, 5.41) is 13.0. The fourth-order valence-corrected chi connectivity index (χ4v) is 3.62. The quantitative estimate of drug-likeness (QED) is 0.390. The van der Waals surface area contributed by atoms with Gasteiger partial charge in [0.15, 0.2) is 5.82 Å². The molecule has 5 rings (SSSR count). The summed E-state index contributed by atoms with van der Waals surface area (Å²) in [5.41, 5.74) is -0.0991. The van der Waals surface area contributed by atoms with Crippen LogP contribution in [0, 0.1) is 11.3 Å². The van der Waals surface area contributed by atoms with Crippen molar-refractivity contribution in [2.75, 3.05) is 7.05 Å². The van der Waals surface area contributed by atoms with Crippen LogP contribution in [0.25, 0.3) is 17.6 Å². The molecule has 0 aromatic carbocycles. The van der Waals surface area contributed by atoms with Gasteiger partial charge in [-0.25, -0.2) is 29.4 Å². The molecule has 2 fully saturated rings. The average molecular weight is 495 g/mol. The second-order valence-electron chi connectivity index (χ2n) is 8.26. The second kappa shape index (κ2) is 8.52. The van der Waals surface area contributed by atoms with E-state index in [0.717, 1.165) is 33.4 Å². The molecule has 3 amide bonds. The predicted octanol–water partition coefficient (Wildman–Crippen LogP) is 2.79. The molecule has 1 saturated heterocycles. The van der Waals surface area contributed by atoms with Crippen LogP contribution >= 0.6 is 0 Å². The lowest BCUT2D eigenvalue weighted by Gasteiger charge is -2.12. The Balaban J connectivity index is 1.41. The largest absolute Gasteiger partial charge is 0.433 e. The number of carbonyl (C=O) groups excluding carboxylic acids is 2. The van der Waals surface area contributed by atoms with E-state index in [1.165, 1.54) is 38.0 Å². The molecule has 1 aliphatic heterocycles. The number of aromatic nitrogens is 6. The molecule has 11 nitrogen and oxygen atoms in total. The predicted molar refractivity (Wildman–Crippen MR) is 115 cm³/mol. The molecule has 4 heterocycles. The van der Waals surface area contributed by atoms with Gasteiger partial charge in [-0.2, -0.15) is 18.4 Å². The van der Waals surface area contributed by atoms with Crippen LogP contribution in [-0.4, -0.2) is 58.5 Å². The number of rotatable bonds is 5. The van der Waals surface area contributed by atoms with Crippen molar-refractivity contribution in [2.24, 2.45) is 0 Å². The molecule has 1 saturated carbocycles. The van der Waals surface area contributed by atoms with E-state index >= 15 is 0 Å². The van der Waals surface area contributed by atoms with E-state index < -0.39 is 23.8 Å². The molecule has 2 aliphatic rings. The Morgan fingerprint density at radius 1 is 1.17 bits per heavy atom. The average Bonchev–Trinajstić information content (AvgIpc) is 3.58. The first-order chi connectivity index (χ1) is 17.1. The molecule has 0 radical (unpaired) electrons. The zero-order chi connectivity index (χ0) is 25.6. The zero-order valence-electron chi connectivity index (χ0n) is 18.6. The summed E-state index contributed by atoms with van der Waals surface area (Å²) in [7, 11) is 1.40. The maximum Gasteiger partial charge on any atom is 0.433 e. The first-order valence-electron chi connectivity index (χ1n) is 10.7. The van der Waals surface area contributed by atoms with Gasteiger partial charge in [-0.3, -0.25) is 14.6 Å². The third-order valence-corrected chi connectivity index (χ3v) is 5.64. The van der Waals surface area contributed by atoms with Crippen molar-refractivity contribution in [1.82, 2.24) is 39.5 Å². The lowest BCUT2D eigenvalue weighted by Crippen LogP contribution is -2.31. The van der Waals surface area contributed by atoms with Crippen molar-refractivity contribution in [1.29, 1.82) is 5.26 Å². The summed E-state index contributed by atoms with van der Waals surface area (Å²) in [6, 6.07) is 3.60. The minimum Gasteiger partial charge on any atom is -0.291 e. The number of pyridine rings is 1. The van der Waals surface area contributed by atoms with Gasteiger partial charge in [0.2, 0.25) is 5.82 Å². The highest BCUT2D eigenvalue weighted by molar-refractivity contribution is 6.13. The third-order valence-electron chi connectivity index (χ3n) is 5.64. The van der Waals surface area contributed by atoms with Gasteiger partial charge in [0.1, 0.15) is 23.8 Å². The van der Waals surface area contributed by atoms with Gasteiger partial charge in [-0.1, -0.05) is 0 Å². The first-order valence-corrected chi connectivity index (χ1v) is 10.7. The number of alkyl halides is 3. The van der Waals surface area contributed by atoms with Gasteiger partial charge in [-0.05, 0) is 25.0 Å². The van der Waals surface area contributed by atoms with E-state index in [2.05, 4.69) is 25.0 Å². The SMILES string of the molecule is CN1C(=O)N(Cc2cnc(C#N)nc2)C(=O)C1=Cn1cnc(-c2cc(C3CC3)nc(C(F)(F)F)c2)n1. The number of carbonyl (C=O) groups is 2. The number of hydrogen-bond acceptors (Lipinski definition) is 8. The van der Waals surface area contributed by atoms with Crippen LogP contribution in [-0.2, 0) is 17.5 Å². The highest BCUT2D eigenvalue weighted by atomic mass is 19.4. The lowest BCUT2D eigenvalue weighted by atomic mass is 10.1. The Kier molecular flexibility index (Phi) is 5.47. The van der Waals surface area contributed by atoms with Gasteiger partial charge >= 0.3 is 12.2 Å². The monoisotopic (exact) mass is 495 g/mol. The van der Waals surface area contributed by atoms with Crippen LogP contribution in [0.3, 0.4) is 0 Å². The molecule has 0 N–H and O–H groups in total. The van der Waals surface area contributed by atoms with Crippen LogP contribution in [0.15, 0.2) is 36.6 Å². The van der Waals surface area contributed by atoms with Crippen LogP contribution < -0.4 is 0 Å².